The zero-order chi connectivity index (χ0) is 19.3. The third kappa shape index (κ3) is 8.11. The number of unbranched alkanes of at least 4 members (excludes halogenated alkanes) is 10. The summed E-state index contributed by atoms with van der Waals surface area (Å²) in [5.41, 5.74) is 1.61. The van der Waals surface area contributed by atoms with Gasteiger partial charge in [-0.1, -0.05) is 82.1 Å². The summed E-state index contributed by atoms with van der Waals surface area (Å²) in [5, 5.41) is 19.4. The summed E-state index contributed by atoms with van der Waals surface area (Å²) in [6.07, 6.45) is 25.8. The van der Waals surface area contributed by atoms with E-state index in [9.17, 15) is 5.11 Å². The van der Waals surface area contributed by atoms with Gasteiger partial charge in [-0.15, -0.1) is 0 Å². The van der Waals surface area contributed by atoms with Crippen molar-refractivity contribution in [2.45, 2.75) is 109 Å². The van der Waals surface area contributed by atoms with E-state index in [4.69, 9.17) is 5.11 Å². The maximum absolute atomic E-state index is 10.5. The van der Waals surface area contributed by atoms with Gasteiger partial charge in [-0.05, 0) is 56.8 Å². The molecule has 2 N–H and O–H groups in total. The summed E-state index contributed by atoms with van der Waals surface area (Å²) in [7, 11) is 0. The maximum Gasteiger partial charge on any atom is 0.0611 e. The van der Waals surface area contributed by atoms with Crippen molar-refractivity contribution in [3.8, 4) is 0 Å². The zero-order valence-corrected chi connectivity index (χ0v) is 17.7. The molecule has 0 aromatic heterocycles. The summed E-state index contributed by atoms with van der Waals surface area (Å²) in [6.45, 7) is 2.60. The Morgan fingerprint density at radius 3 is 2.41 bits per heavy atom. The molecule has 0 bridgehead atoms. The molecule has 0 aliphatic heterocycles. The van der Waals surface area contributed by atoms with Crippen LogP contribution in [-0.4, -0.2) is 22.9 Å². The second kappa shape index (κ2) is 13.6. The molecule has 0 unspecified atom stereocenters. The first-order valence-electron chi connectivity index (χ1n) is 11.9. The van der Waals surface area contributed by atoms with Crippen LogP contribution in [0.1, 0.15) is 103 Å². The first kappa shape index (κ1) is 22.7. The molecule has 2 aliphatic rings. The summed E-state index contributed by atoms with van der Waals surface area (Å²) >= 11 is 0. The van der Waals surface area contributed by atoms with Gasteiger partial charge in [-0.25, -0.2) is 0 Å². The number of fused-ring (bicyclic) bond motifs is 1. The van der Waals surface area contributed by atoms with Crippen molar-refractivity contribution in [3.63, 3.8) is 0 Å². The van der Waals surface area contributed by atoms with Crippen LogP contribution in [0.25, 0.3) is 0 Å². The van der Waals surface area contributed by atoms with E-state index in [1.165, 1.54) is 77.0 Å². The first-order valence-corrected chi connectivity index (χ1v) is 11.9. The molecule has 0 saturated heterocycles. The lowest BCUT2D eigenvalue weighted by Gasteiger charge is -2.18. The van der Waals surface area contributed by atoms with Crippen LogP contribution >= 0.6 is 0 Å². The Morgan fingerprint density at radius 2 is 1.67 bits per heavy atom. The molecule has 2 aliphatic carbocycles. The number of aliphatic hydroxyl groups is 2. The molecular weight excluding hydrogens is 332 g/mol. The average Bonchev–Trinajstić information content (AvgIpc) is 3.17. The number of rotatable bonds is 15. The smallest absolute Gasteiger partial charge is 0.0611 e. The van der Waals surface area contributed by atoms with Gasteiger partial charge in [0.15, 0.2) is 0 Å². The molecule has 0 amide bonds. The third-order valence-corrected chi connectivity index (χ3v) is 6.69. The van der Waals surface area contributed by atoms with Crippen LogP contribution in [0.4, 0.5) is 0 Å². The van der Waals surface area contributed by atoms with Gasteiger partial charge in [-0.2, -0.15) is 0 Å². The molecule has 0 radical (unpaired) electrons. The van der Waals surface area contributed by atoms with Crippen molar-refractivity contribution in [1.82, 2.24) is 0 Å². The first-order chi connectivity index (χ1) is 13.3. The molecule has 0 heterocycles. The van der Waals surface area contributed by atoms with E-state index < -0.39 is 0 Å². The van der Waals surface area contributed by atoms with Crippen LogP contribution < -0.4 is 0 Å². The molecule has 2 nitrogen and oxygen atoms in total. The number of aliphatic hydroxyl groups excluding tert-OH is 2. The lowest BCUT2D eigenvalue weighted by molar-refractivity contribution is 0.141. The minimum Gasteiger partial charge on any atom is -0.396 e. The SMILES string of the molecule is CCCCCCCCCC/C=C/[C@@H]1[C@H]2CC(CCCCCO)=C[C@H]2C[C@H]1O. The highest BCUT2D eigenvalue weighted by Crippen LogP contribution is 2.48. The summed E-state index contributed by atoms with van der Waals surface area (Å²) in [4.78, 5) is 0. The highest BCUT2D eigenvalue weighted by atomic mass is 16.3. The van der Waals surface area contributed by atoms with Gasteiger partial charge in [-0.3, -0.25) is 0 Å². The van der Waals surface area contributed by atoms with Crippen LogP contribution in [0.3, 0.4) is 0 Å². The van der Waals surface area contributed by atoms with Crippen LogP contribution in [0.15, 0.2) is 23.8 Å². The Hall–Kier alpha value is -0.600. The van der Waals surface area contributed by atoms with Gasteiger partial charge in [0, 0.05) is 12.5 Å². The van der Waals surface area contributed by atoms with E-state index in [-0.39, 0.29) is 6.10 Å². The van der Waals surface area contributed by atoms with Crippen LogP contribution in [0.5, 0.6) is 0 Å². The van der Waals surface area contributed by atoms with Crippen molar-refractivity contribution < 1.29 is 10.2 Å². The minimum atomic E-state index is -0.137. The fourth-order valence-corrected chi connectivity index (χ4v) is 5.08. The standard InChI is InChI=1S/C25H44O2/c1-2-3-4-5-6-7-8-9-10-13-16-23-24-19-21(15-12-11-14-17-26)18-22(24)20-25(23)27/h13,16,18,22-27H,2-12,14-15,17,19-20H2,1H3/b16-13+/t22-,23+,24-,25+/m0/s1. The third-order valence-electron chi connectivity index (χ3n) is 6.69. The average molecular weight is 377 g/mol. The van der Waals surface area contributed by atoms with Crippen molar-refractivity contribution >= 4 is 0 Å². The van der Waals surface area contributed by atoms with Crippen molar-refractivity contribution in [3.05, 3.63) is 23.8 Å². The summed E-state index contributed by atoms with van der Waals surface area (Å²) < 4.78 is 0. The van der Waals surface area contributed by atoms with Gasteiger partial charge >= 0.3 is 0 Å². The lowest BCUT2D eigenvalue weighted by Crippen LogP contribution is -2.17. The van der Waals surface area contributed by atoms with E-state index in [1.807, 2.05) is 0 Å². The molecular formula is C25H44O2. The Kier molecular flexibility index (Phi) is 11.4. The quantitative estimate of drug-likeness (QED) is 0.251. The highest BCUT2D eigenvalue weighted by Gasteiger charge is 2.42. The fraction of sp³-hybridized carbons (Fsp3) is 0.840. The van der Waals surface area contributed by atoms with E-state index in [0.29, 0.717) is 24.4 Å². The minimum absolute atomic E-state index is 0.137. The van der Waals surface area contributed by atoms with Gasteiger partial charge < -0.3 is 10.2 Å². The highest BCUT2D eigenvalue weighted by molar-refractivity contribution is 5.20. The van der Waals surface area contributed by atoms with E-state index in [2.05, 4.69) is 25.2 Å². The Balaban J connectivity index is 1.59. The Labute approximate surface area is 168 Å². The molecule has 4 atom stereocenters. The predicted octanol–water partition coefficient (Wildman–Crippen LogP) is 6.57. The molecule has 156 valence electrons. The number of hydrogen-bond acceptors (Lipinski definition) is 2. The van der Waals surface area contributed by atoms with Gasteiger partial charge in [0.25, 0.3) is 0 Å². The Morgan fingerprint density at radius 1 is 0.963 bits per heavy atom. The molecule has 27 heavy (non-hydrogen) atoms. The fourth-order valence-electron chi connectivity index (χ4n) is 5.08. The van der Waals surface area contributed by atoms with Crippen LogP contribution in [0, 0.1) is 17.8 Å². The summed E-state index contributed by atoms with van der Waals surface area (Å²) in [6, 6.07) is 0. The number of allylic oxidation sites excluding steroid dienone is 3. The molecule has 1 saturated carbocycles. The van der Waals surface area contributed by atoms with Gasteiger partial charge in [0.05, 0.1) is 6.10 Å². The predicted molar refractivity (Wildman–Crippen MR) is 116 cm³/mol. The molecule has 2 rings (SSSR count). The maximum atomic E-state index is 10.5. The second-order valence-electron chi connectivity index (χ2n) is 8.96. The molecule has 0 aromatic rings. The molecule has 0 spiro atoms. The second-order valence-corrected chi connectivity index (χ2v) is 8.96. The zero-order valence-electron chi connectivity index (χ0n) is 17.7. The van der Waals surface area contributed by atoms with Gasteiger partial charge in [0.2, 0.25) is 0 Å². The lowest BCUT2D eigenvalue weighted by atomic mass is 9.88. The van der Waals surface area contributed by atoms with E-state index in [0.717, 1.165) is 19.3 Å². The topological polar surface area (TPSA) is 40.5 Å². The molecule has 0 aromatic carbocycles. The molecule has 2 heteroatoms. The van der Waals surface area contributed by atoms with Crippen molar-refractivity contribution in [1.29, 1.82) is 0 Å². The number of hydrogen-bond donors (Lipinski definition) is 2. The van der Waals surface area contributed by atoms with Crippen LogP contribution in [-0.2, 0) is 0 Å². The largest absolute Gasteiger partial charge is 0.396 e. The van der Waals surface area contributed by atoms with E-state index in [1.54, 1.807) is 5.57 Å². The van der Waals surface area contributed by atoms with E-state index >= 15 is 0 Å². The Bertz CT molecular complexity index is 440. The van der Waals surface area contributed by atoms with Crippen molar-refractivity contribution in [2.75, 3.05) is 6.61 Å². The van der Waals surface area contributed by atoms with Crippen LogP contribution in [0.2, 0.25) is 0 Å². The van der Waals surface area contributed by atoms with Gasteiger partial charge in [0.1, 0.15) is 0 Å². The monoisotopic (exact) mass is 376 g/mol. The van der Waals surface area contributed by atoms with Crippen molar-refractivity contribution in [2.24, 2.45) is 17.8 Å². The normalized spacial score (nSPS) is 27.4. The summed E-state index contributed by atoms with van der Waals surface area (Å²) in [5.74, 6) is 1.61. The molecule has 1 fully saturated rings.